The molecule has 1 unspecified atom stereocenters. The van der Waals surface area contributed by atoms with Gasteiger partial charge in [-0.1, -0.05) is 12.1 Å². The Morgan fingerprint density at radius 3 is 2.81 bits per heavy atom. The van der Waals surface area contributed by atoms with Crippen LogP contribution in [0.2, 0.25) is 0 Å². The summed E-state index contributed by atoms with van der Waals surface area (Å²) in [6, 6.07) is 6.48. The summed E-state index contributed by atoms with van der Waals surface area (Å²) in [5, 5.41) is 3.30. The van der Waals surface area contributed by atoms with E-state index in [0.29, 0.717) is 12.5 Å². The summed E-state index contributed by atoms with van der Waals surface area (Å²) in [6.07, 6.45) is 1.11. The molecule has 0 aliphatic carbocycles. The fourth-order valence-corrected chi connectivity index (χ4v) is 2.43. The van der Waals surface area contributed by atoms with E-state index in [2.05, 4.69) is 22.1 Å². The van der Waals surface area contributed by atoms with E-state index < -0.39 is 0 Å². The topological polar surface area (TPSA) is 36.9 Å². The number of aliphatic imine (C=N–C) groups is 1. The highest BCUT2D eigenvalue weighted by Crippen LogP contribution is 2.13. The van der Waals surface area contributed by atoms with Crippen LogP contribution in [0.5, 0.6) is 0 Å². The minimum absolute atomic E-state index is 0.215. The lowest BCUT2D eigenvalue weighted by Gasteiger charge is -2.24. The van der Waals surface area contributed by atoms with Gasteiger partial charge >= 0.3 is 0 Å². The molecule has 1 heterocycles. The molecule has 1 aliphatic heterocycles. The number of hydrogen-bond donors (Lipinski definition) is 1. The van der Waals surface area contributed by atoms with Gasteiger partial charge in [-0.05, 0) is 31.0 Å². The summed E-state index contributed by atoms with van der Waals surface area (Å²) < 4.78 is 18.3. The first-order valence-electron chi connectivity index (χ1n) is 7.50. The van der Waals surface area contributed by atoms with Gasteiger partial charge in [0.2, 0.25) is 0 Å². The van der Waals surface area contributed by atoms with Crippen molar-refractivity contribution in [2.45, 2.75) is 19.9 Å². The molecule has 0 radical (unpaired) electrons. The van der Waals surface area contributed by atoms with Crippen molar-refractivity contribution in [3.8, 4) is 0 Å². The van der Waals surface area contributed by atoms with Gasteiger partial charge in [-0.3, -0.25) is 0 Å². The van der Waals surface area contributed by atoms with Crippen LogP contribution in [0.3, 0.4) is 0 Å². The zero-order valence-corrected chi connectivity index (χ0v) is 12.8. The van der Waals surface area contributed by atoms with Gasteiger partial charge in [-0.2, -0.15) is 0 Å². The summed E-state index contributed by atoms with van der Waals surface area (Å²) >= 11 is 0. The lowest BCUT2D eigenvalue weighted by Crippen LogP contribution is -2.41. The maximum Gasteiger partial charge on any atom is 0.193 e. The van der Waals surface area contributed by atoms with Crippen LogP contribution < -0.4 is 5.32 Å². The number of nitrogens with one attached hydrogen (secondary N) is 1. The van der Waals surface area contributed by atoms with Crippen molar-refractivity contribution in [3.05, 3.63) is 35.6 Å². The maximum atomic E-state index is 12.9. The molecule has 116 valence electrons. The van der Waals surface area contributed by atoms with Gasteiger partial charge in [0.05, 0.1) is 13.2 Å². The molecular weight excluding hydrogens is 269 g/mol. The Morgan fingerprint density at radius 1 is 1.43 bits per heavy atom. The fourth-order valence-electron chi connectivity index (χ4n) is 2.43. The lowest BCUT2D eigenvalue weighted by atomic mass is 10.1. The second kappa shape index (κ2) is 7.98. The summed E-state index contributed by atoms with van der Waals surface area (Å²) in [5.74, 6) is 1.24. The van der Waals surface area contributed by atoms with E-state index in [-0.39, 0.29) is 5.82 Å². The number of guanidine groups is 1. The molecular formula is C16H24FN3O. The number of hydrogen-bond acceptors (Lipinski definition) is 2. The van der Waals surface area contributed by atoms with Crippen LogP contribution in [0.4, 0.5) is 4.39 Å². The zero-order valence-electron chi connectivity index (χ0n) is 12.8. The van der Waals surface area contributed by atoms with Crippen molar-refractivity contribution < 1.29 is 9.13 Å². The third-order valence-corrected chi connectivity index (χ3v) is 3.58. The van der Waals surface area contributed by atoms with Crippen LogP contribution in [0.25, 0.3) is 0 Å². The molecule has 1 atom stereocenters. The van der Waals surface area contributed by atoms with Crippen LogP contribution in [0, 0.1) is 11.7 Å². The first kappa shape index (κ1) is 15.8. The van der Waals surface area contributed by atoms with Crippen molar-refractivity contribution in [1.29, 1.82) is 0 Å². The van der Waals surface area contributed by atoms with E-state index in [9.17, 15) is 4.39 Å². The molecule has 1 saturated heterocycles. The molecule has 5 heteroatoms. The number of halogens is 1. The minimum Gasteiger partial charge on any atom is -0.381 e. The smallest absolute Gasteiger partial charge is 0.193 e. The predicted octanol–water partition coefficient (Wildman–Crippen LogP) is 2.26. The summed E-state index contributed by atoms with van der Waals surface area (Å²) in [5.41, 5.74) is 1.00. The van der Waals surface area contributed by atoms with Crippen molar-refractivity contribution in [3.63, 3.8) is 0 Å². The van der Waals surface area contributed by atoms with Crippen LogP contribution in [-0.4, -0.2) is 44.2 Å². The summed E-state index contributed by atoms with van der Waals surface area (Å²) in [7, 11) is 2.05. The SMILES string of the molecule is CCNC(=NCc1ccc(F)cc1)N(C)CC1CCOC1. The molecule has 1 N–H and O–H groups in total. The Hall–Kier alpha value is -1.62. The van der Waals surface area contributed by atoms with Crippen molar-refractivity contribution in [2.75, 3.05) is 33.4 Å². The van der Waals surface area contributed by atoms with Gasteiger partial charge in [-0.15, -0.1) is 0 Å². The number of benzene rings is 1. The molecule has 0 spiro atoms. The third-order valence-electron chi connectivity index (χ3n) is 3.58. The van der Waals surface area contributed by atoms with Crippen LogP contribution in [0.1, 0.15) is 18.9 Å². The quantitative estimate of drug-likeness (QED) is 0.668. The summed E-state index contributed by atoms with van der Waals surface area (Å²) in [6.45, 7) is 6.07. The van der Waals surface area contributed by atoms with Crippen molar-refractivity contribution in [1.82, 2.24) is 10.2 Å². The monoisotopic (exact) mass is 293 g/mol. The molecule has 4 nitrogen and oxygen atoms in total. The molecule has 0 aromatic heterocycles. The second-order valence-corrected chi connectivity index (χ2v) is 5.41. The lowest BCUT2D eigenvalue weighted by molar-refractivity contribution is 0.181. The largest absolute Gasteiger partial charge is 0.381 e. The van der Waals surface area contributed by atoms with Gasteiger partial charge in [0, 0.05) is 32.7 Å². The highest BCUT2D eigenvalue weighted by atomic mass is 19.1. The van der Waals surface area contributed by atoms with Gasteiger partial charge in [-0.25, -0.2) is 9.38 Å². The fraction of sp³-hybridized carbons (Fsp3) is 0.562. The molecule has 0 amide bonds. The van der Waals surface area contributed by atoms with Gasteiger partial charge in [0.15, 0.2) is 5.96 Å². The van der Waals surface area contributed by atoms with Crippen molar-refractivity contribution >= 4 is 5.96 Å². The number of rotatable bonds is 5. The van der Waals surface area contributed by atoms with E-state index in [4.69, 9.17) is 4.74 Å². The highest BCUT2D eigenvalue weighted by Gasteiger charge is 2.18. The normalized spacial score (nSPS) is 18.8. The van der Waals surface area contributed by atoms with Gasteiger partial charge in [0.1, 0.15) is 5.82 Å². The van der Waals surface area contributed by atoms with Crippen LogP contribution in [0.15, 0.2) is 29.3 Å². The minimum atomic E-state index is -0.215. The van der Waals surface area contributed by atoms with E-state index in [0.717, 1.165) is 44.2 Å². The Balaban J connectivity index is 1.95. The Kier molecular flexibility index (Phi) is 5.99. The first-order valence-corrected chi connectivity index (χ1v) is 7.50. The molecule has 0 saturated carbocycles. The Morgan fingerprint density at radius 2 is 2.19 bits per heavy atom. The summed E-state index contributed by atoms with van der Waals surface area (Å²) in [4.78, 5) is 6.77. The zero-order chi connectivity index (χ0) is 15.1. The third kappa shape index (κ3) is 5.01. The van der Waals surface area contributed by atoms with E-state index in [1.807, 2.05) is 7.05 Å². The predicted molar refractivity (Wildman–Crippen MR) is 82.8 cm³/mol. The first-order chi connectivity index (χ1) is 10.2. The standard InChI is InChI=1S/C16H24FN3O/c1-3-18-16(20(2)11-14-8-9-21-12-14)19-10-13-4-6-15(17)7-5-13/h4-7,14H,3,8-12H2,1-2H3,(H,18,19). The molecule has 2 rings (SSSR count). The number of ether oxygens (including phenoxy) is 1. The van der Waals surface area contributed by atoms with Crippen LogP contribution >= 0.6 is 0 Å². The van der Waals surface area contributed by atoms with Gasteiger partial charge < -0.3 is 15.0 Å². The van der Waals surface area contributed by atoms with E-state index in [1.165, 1.54) is 12.1 Å². The van der Waals surface area contributed by atoms with E-state index >= 15 is 0 Å². The molecule has 0 bridgehead atoms. The Bertz CT molecular complexity index is 455. The molecule has 1 aromatic carbocycles. The molecule has 1 aromatic rings. The molecule has 1 aliphatic rings. The Labute approximate surface area is 126 Å². The van der Waals surface area contributed by atoms with Crippen LogP contribution in [-0.2, 0) is 11.3 Å². The average Bonchev–Trinajstić information content (AvgIpc) is 2.98. The molecule has 1 fully saturated rings. The maximum absolute atomic E-state index is 12.9. The van der Waals surface area contributed by atoms with E-state index in [1.54, 1.807) is 12.1 Å². The second-order valence-electron chi connectivity index (χ2n) is 5.41. The number of nitrogens with zero attached hydrogens (tertiary/aromatic N) is 2. The van der Waals surface area contributed by atoms with Crippen molar-refractivity contribution in [2.24, 2.45) is 10.9 Å². The average molecular weight is 293 g/mol. The molecule has 21 heavy (non-hydrogen) atoms. The van der Waals surface area contributed by atoms with Gasteiger partial charge in [0.25, 0.3) is 0 Å². The highest BCUT2D eigenvalue weighted by molar-refractivity contribution is 5.79.